The molecule has 0 spiro atoms. The van der Waals surface area contributed by atoms with Crippen LogP contribution in [0.2, 0.25) is 0 Å². The van der Waals surface area contributed by atoms with Crippen LogP contribution in [0.25, 0.3) is 10.4 Å². The second-order valence-corrected chi connectivity index (χ2v) is 6.34. The molecule has 20 heavy (non-hydrogen) atoms. The van der Waals surface area contributed by atoms with Crippen molar-refractivity contribution in [1.82, 2.24) is 4.40 Å². The molecule has 1 aliphatic heterocycles. The van der Waals surface area contributed by atoms with Gasteiger partial charge in [0.15, 0.2) is 5.69 Å². The Balaban J connectivity index is 2.06. The monoisotopic (exact) mass is 332 g/mol. The van der Waals surface area contributed by atoms with E-state index in [9.17, 15) is 0 Å². The highest BCUT2D eigenvalue weighted by molar-refractivity contribution is 9.10. The summed E-state index contributed by atoms with van der Waals surface area (Å²) >= 11 is 3.54. The maximum atomic E-state index is 7.37. The Morgan fingerprint density at radius 2 is 2.15 bits per heavy atom. The van der Waals surface area contributed by atoms with Gasteiger partial charge >= 0.3 is 0 Å². The van der Waals surface area contributed by atoms with Crippen LogP contribution in [0, 0.1) is 19.4 Å². The zero-order valence-electron chi connectivity index (χ0n) is 11.5. The Kier molecular flexibility index (Phi) is 3.82. The molecule has 0 aromatic carbocycles. The van der Waals surface area contributed by atoms with Crippen molar-refractivity contribution >= 4 is 27.1 Å². The van der Waals surface area contributed by atoms with Gasteiger partial charge in [-0.2, -0.15) is 0 Å². The second kappa shape index (κ2) is 5.59. The van der Waals surface area contributed by atoms with Crippen LogP contribution in [0.3, 0.4) is 0 Å². The summed E-state index contributed by atoms with van der Waals surface area (Å²) in [5, 5.41) is 0. The van der Waals surface area contributed by atoms with Crippen molar-refractivity contribution < 1.29 is 4.74 Å². The highest BCUT2D eigenvalue weighted by atomic mass is 79.9. The third-order valence-corrected chi connectivity index (χ3v) is 4.59. The summed E-state index contributed by atoms with van der Waals surface area (Å²) in [6, 6.07) is 4.04. The van der Waals surface area contributed by atoms with Gasteiger partial charge in [-0.3, -0.25) is 0 Å². The SMILES string of the molecule is [C-]#[N+]c1cc2cc(Br)cn2c(CC2CCOCC2)c1C. The largest absolute Gasteiger partial charge is 0.381 e. The Morgan fingerprint density at radius 3 is 2.85 bits per heavy atom. The van der Waals surface area contributed by atoms with E-state index in [1.54, 1.807) is 0 Å². The van der Waals surface area contributed by atoms with Crippen molar-refractivity contribution in [2.24, 2.45) is 5.92 Å². The summed E-state index contributed by atoms with van der Waals surface area (Å²) in [6.45, 7) is 11.2. The third kappa shape index (κ3) is 2.48. The lowest BCUT2D eigenvalue weighted by atomic mass is 9.92. The molecule has 1 fully saturated rings. The maximum absolute atomic E-state index is 7.37. The van der Waals surface area contributed by atoms with Gasteiger partial charge in [0, 0.05) is 35.1 Å². The first-order valence-electron chi connectivity index (χ1n) is 6.94. The number of rotatable bonds is 2. The average molecular weight is 333 g/mol. The number of hydrogen-bond donors (Lipinski definition) is 0. The molecule has 0 aliphatic carbocycles. The van der Waals surface area contributed by atoms with Crippen LogP contribution >= 0.6 is 15.9 Å². The minimum absolute atomic E-state index is 0.660. The molecule has 1 aliphatic rings. The highest BCUT2D eigenvalue weighted by Crippen LogP contribution is 2.31. The fraction of sp³-hybridized carbons (Fsp3) is 0.438. The average Bonchev–Trinajstić information content (AvgIpc) is 2.83. The van der Waals surface area contributed by atoms with E-state index in [-0.39, 0.29) is 0 Å². The van der Waals surface area contributed by atoms with Gasteiger partial charge in [0.2, 0.25) is 0 Å². The quantitative estimate of drug-likeness (QED) is 0.739. The van der Waals surface area contributed by atoms with Crippen molar-refractivity contribution in [2.75, 3.05) is 13.2 Å². The Bertz CT molecular complexity index is 678. The van der Waals surface area contributed by atoms with E-state index >= 15 is 0 Å². The maximum Gasteiger partial charge on any atom is 0.193 e. The summed E-state index contributed by atoms with van der Waals surface area (Å²) in [5.74, 6) is 0.660. The molecule has 0 atom stereocenters. The van der Waals surface area contributed by atoms with E-state index < -0.39 is 0 Å². The minimum Gasteiger partial charge on any atom is -0.381 e. The number of hydrogen-bond acceptors (Lipinski definition) is 1. The highest BCUT2D eigenvalue weighted by Gasteiger charge is 2.18. The molecule has 0 N–H and O–H groups in total. The van der Waals surface area contributed by atoms with Gasteiger partial charge < -0.3 is 9.14 Å². The predicted molar refractivity (Wildman–Crippen MR) is 83.3 cm³/mol. The van der Waals surface area contributed by atoms with Gasteiger partial charge in [-0.25, -0.2) is 4.85 Å². The molecule has 0 saturated carbocycles. The zero-order chi connectivity index (χ0) is 14.1. The number of halogens is 1. The van der Waals surface area contributed by atoms with E-state index in [0.29, 0.717) is 5.92 Å². The lowest BCUT2D eigenvalue weighted by molar-refractivity contribution is 0.0661. The molecule has 0 amide bonds. The first-order chi connectivity index (χ1) is 9.69. The molecular formula is C16H17BrN2O. The smallest absolute Gasteiger partial charge is 0.193 e. The third-order valence-electron chi connectivity index (χ3n) is 4.15. The number of nitrogens with zero attached hydrogens (tertiary/aromatic N) is 2. The van der Waals surface area contributed by atoms with Gasteiger partial charge in [-0.15, -0.1) is 0 Å². The number of pyridine rings is 1. The fourth-order valence-corrected chi connectivity index (χ4v) is 3.40. The molecule has 3 rings (SSSR count). The molecule has 0 unspecified atom stereocenters. The van der Waals surface area contributed by atoms with E-state index in [1.807, 2.05) is 6.07 Å². The van der Waals surface area contributed by atoms with Crippen LogP contribution in [-0.2, 0) is 11.2 Å². The summed E-state index contributed by atoms with van der Waals surface area (Å²) in [7, 11) is 0. The molecule has 3 nitrogen and oxygen atoms in total. The van der Waals surface area contributed by atoms with Crippen molar-refractivity contribution in [1.29, 1.82) is 0 Å². The minimum atomic E-state index is 0.660. The summed E-state index contributed by atoms with van der Waals surface area (Å²) in [5.41, 5.74) is 4.24. The second-order valence-electron chi connectivity index (χ2n) is 5.43. The molecule has 2 aromatic rings. The van der Waals surface area contributed by atoms with Crippen LogP contribution in [-0.4, -0.2) is 17.6 Å². The summed E-state index contributed by atoms with van der Waals surface area (Å²) in [4.78, 5) is 3.68. The molecular weight excluding hydrogens is 316 g/mol. The van der Waals surface area contributed by atoms with Gasteiger partial charge in [0.1, 0.15) is 0 Å². The topological polar surface area (TPSA) is 18.0 Å². The van der Waals surface area contributed by atoms with Crippen LogP contribution in [0.5, 0.6) is 0 Å². The summed E-state index contributed by atoms with van der Waals surface area (Å²) < 4.78 is 8.73. The van der Waals surface area contributed by atoms with Gasteiger partial charge in [-0.1, -0.05) is 0 Å². The lowest BCUT2D eigenvalue weighted by Crippen LogP contribution is -2.19. The van der Waals surface area contributed by atoms with E-state index in [1.165, 1.54) is 5.69 Å². The molecule has 2 aromatic heterocycles. The molecule has 104 valence electrons. The van der Waals surface area contributed by atoms with E-state index in [0.717, 1.165) is 53.7 Å². The standard InChI is InChI=1S/C16H17BrN2O/c1-11-15(18-2)9-14-8-13(17)10-19(14)16(11)7-12-3-5-20-6-4-12/h8-10,12H,3-7H2,1H3. The van der Waals surface area contributed by atoms with Crippen molar-refractivity contribution in [2.45, 2.75) is 26.2 Å². The van der Waals surface area contributed by atoms with Crippen LogP contribution in [0.4, 0.5) is 5.69 Å². The van der Waals surface area contributed by atoms with Crippen LogP contribution in [0.15, 0.2) is 22.8 Å². The summed E-state index contributed by atoms with van der Waals surface area (Å²) in [6.07, 6.45) is 5.36. The van der Waals surface area contributed by atoms with Crippen molar-refractivity contribution in [3.05, 3.63) is 45.5 Å². The van der Waals surface area contributed by atoms with Crippen LogP contribution in [0.1, 0.15) is 24.1 Å². The zero-order valence-corrected chi connectivity index (χ0v) is 13.1. The lowest BCUT2D eigenvalue weighted by Gasteiger charge is -2.23. The molecule has 1 saturated heterocycles. The van der Waals surface area contributed by atoms with Crippen molar-refractivity contribution in [3.63, 3.8) is 0 Å². The first-order valence-corrected chi connectivity index (χ1v) is 7.73. The normalized spacial score (nSPS) is 16.4. The van der Waals surface area contributed by atoms with Gasteiger partial charge in [-0.05, 0) is 65.7 Å². The van der Waals surface area contributed by atoms with Crippen molar-refractivity contribution in [3.8, 4) is 0 Å². The molecule has 0 radical (unpaired) electrons. The number of fused-ring (bicyclic) bond motifs is 1. The van der Waals surface area contributed by atoms with Gasteiger partial charge in [0.25, 0.3) is 0 Å². The van der Waals surface area contributed by atoms with Gasteiger partial charge in [0.05, 0.1) is 6.57 Å². The predicted octanol–water partition coefficient (Wildman–Crippen LogP) is 4.53. The fourth-order valence-electron chi connectivity index (χ4n) is 2.96. The molecule has 3 heterocycles. The van der Waals surface area contributed by atoms with E-state index in [2.05, 4.69) is 44.4 Å². The first kappa shape index (κ1) is 13.7. The Morgan fingerprint density at radius 1 is 1.40 bits per heavy atom. The number of aromatic nitrogens is 1. The van der Waals surface area contributed by atoms with Crippen LogP contribution < -0.4 is 0 Å². The Hall–Kier alpha value is -1.31. The molecule has 4 heteroatoms. The molecule has 0 bridgehead atoms. The van der Waals surface area contributed by atoms with E-state index in [4.69, 9.17) is 11.3 Å². The Labute approximate surface area is 127 Å². The number of ether oxygens (including phenoxy) is 1.